The van der Waals surface area contributed by atoms with Gasteiger partial charge in [-0.05, 0) is 13.0 Å². The van der Waals surface area contributed by atoms with Crippen LogP contribution in [0, 0.1) is 0 Å². The van der Waals surface area contributed by atoms with Crippen molar-refractivity contribution >= 4 is 5.97 Å². The van der Waals surface area contributed by atoms with E-state index in [0.717, 1.165) is 0 Å². The number of carboxylic acid groups (broad SMARTS) is 1. The Hall–Kier alpha value is -0.710. The molecule has 0 aliphatic heterocycles. The Balaban J connectivity index is 2.97. The lowest BCUT2D eigenvalue weighted by molar-refractivity contribution is -0.137. The van der Waals surface area contributed by atoms with Crippen LogP contribution in [0.25, 0.3) is 0 Å². The molecule has 0 aromatic rings. The molecule has 0 rings (SSSR count). The van der Waals surface area contributed by atoms with Gasteiger partial charge in [0.05, 0.1) is 6.54 Å². The molecule has 0 atom stereocenters. The first kappa shape index (κ1) is 10.3. The second-order valence-electron chi connectivity index (χ2n) is 2.09. The third-order valence-corrected chi connectivity index (χ3v) is 1.04. The first-order chi connectivity index (χ1) is 5.13. The number of carbonyl (C=O) groups is 1. The van der Waals surface area contributed by atoms with Gasteiger partial charge in [0.15, 0.2) is 0 Å². The van der Waals surface area contributed by atoms with Crippen LogP contribution in [-0.4, -0.2) is 30.6 Å². The van der Waals surface area contributed by atoms with Crippen molar-refractivity contribution in [2.45, 2.75) is 19.3 Å². The largest absolute Gasteiger partial charge is 0.481 e. The summed E-state index contributed by atoms with van der Waals surface area (Å²) in [7, 11) is 0. The van der Waals surface area contributed by atoms with Gasteiger partial charge in [-0.2, -0.15) is 0 Å². The molecule has 3 nitrogen and oxygen atoms in total. The van der Waals surface area contributed by atoms with Gasteiger partial charge in [0, 0.05) is 6.42 Å². The predicted molar refractivity (Wildman–Crippen MR) is 35.7 cm³/mol. The van der Waals surface area contributed by atoms with Gasteiger partial charge in [-0.1, -0.05) is 0 Å². The summed E-state index contributed by atoms with van der Waals surface area (Å²) in [5.41, 5.74) is 0. The highest BCUT2D eigenvalue weighted by molar-refractivity contribution is 5.66. The summed E-state index contributed by atoms with van der Waals surface area (Å²) in [6.45, 7) is -0.0315. The SMILES string of the molecule is O=C(O)CCCNCC(F)F. The molecule has 0 amide bonds. The fraction of sp³-hybridized carbons (Fsp3) is 0.833. The summed E-state index contributed by atoms with van der Waals surface area (Å²) in [6, 6.07) is 0. The van der Waals surface area contributed by atoms with Crippen LogP contribution >= 0.6 is 0 Å². The monoisotopic (exact) mass is 167 g/mol. The zero-order valence-electron chi connectivity index (χ0n) is 6.02. The van der Waals surface area contributed by atoms with Crippen LogP contribution in [0.3, 0.4) is 0 Å². The molecule has 0 aromatic carbocycles. The van der Waals surface area contributed by atoms with Crippen molar-refractivity contribution in [1.29, 1.82) is 0 Å². The predicted octanol–water partition coefficient (Wildman–Crippen LogP) is 0.706. The molecular weight excluding hydrogens is 156 g/mol. The van der Waals surface area contributed by atoms with Crippen LogP contribution in [0.2, 0.25) is 0 Å². The molecule has 11 heavy (non-hydrogen) atoms. The van der Waals surface area contributed by atoms with Crippen molar-refractivity contribution in [3.63, 3.8) is 0 Å². The van der Waals surface area contributed by atoms with Gasteiger partial charge in [-0.25, -0.2) is 8.78 Å². The van der Waals surface area contributed by atoms with Crippen LogP contribution in [-0.2, 0) is 4.79 Å². The van der Waals surface area contributed by atoms with E-state index in [9.17, 15) is 13.6 Å². The Morgan fingerprint density at radius 3 is 2.64 bits per heavy atom. The number of hydrogen-bond donors (Lipinski definition) is 2. The molecule has 0 unspecified atom stereocenters. The van der Waals surface area contributed by atoms with Gasteiger partial charge < -0.3 is 10.4 Å². The molecule has 2 N–H and O–H groups in total. The average molecular weight is 167 g/mol. The summed E-state index contributed by atoms with van der Waals surface area (Å²) in [4.78, 5) is 9.92. The van der Waals surface area contributed by atoms with Gasteiger partial charge in [-0.15, -0.1) is 0 Å². The summed E-state index contributed by atoms with van der Waals surface area (Å²) in [5, 5.41) is 10.6. The average Bonchev–Trinajstić information content (AvgIpc) is 1.85. The van der Waals surface area contributed by atoms with Crippen molar-refractivity contribution in [2.24, 2.45) is 0 Å². The van der Waals surface area contributed by atoms with Crippen LogP contribution in [0.15, 0.2) is 0 Å². The molecule has 0 saturated carbocycles. The van der Waals surface area contributed by atoms with E-state index in [4.69, 9.17) is 5.11 Å². The van der Waals surface area contributed by atoms with Crippen molar-refractivity contribution < 1.29 is 18.7 Å². The van der Waals surface area contributed by atoms with E-state index in [0.29, 0.717) is 13.0 Å². The minimum atomic E-state index is -2.36. The van der Waals surface area contributed by atoms with E-state index in [2.05, 4.69) is 5.32 Å². The highest BCUT2D eigenvalue weighted by Crippen LogP contribution is 1.89. The van der Waals surface area contributed by atoms with Crippen molar-refractivity contribution in [1.82, 2.24) is 5.32 Å². The standard InChI is InChI=1S/C6H11F2NO2/c7-5(8)4-9-3-1-2-6(10)11/h5,9H,1-4H2,(H,10,11). The summed E-state index contributed by atoms with van der Waals surface area (Å²) in [6.07, 6.45) is -1.95. The van der Waals surface area contributed by atoms with Gasteiger partial charge in [-0.3, -0.25) is 4.79 Å². The number of rotatable bonds is 6. The molecule has 5 heteroatoms. The van der Waals surface area contributed by atoms with E-state index in [1.165, 1.54) is 0 Å². The minimum absolute atomic E-state index is 0.0240. The molecule has 0 bridgehead atoms. The number of carboxylic acids is 1. The summed E-state index contributed by atoms with van der Waals surface area (Å²) in [5.74, 6) is -0.899. The maximum absolute atomic E-state index is 11.4. The van der Waals surface area contributed by atoms with E-state index in [-0.39, 0.29) is 13.0 Å². The zero-order valence-corrected chi connectivity index (χ0v) is 6.02. The highest BCUT2D eigenvalue weighted by atomic mass is 19.3. The number of nitrogens with one attached hydrogen (secondary N) is 1. The van der Waals surface area contributed by atoms with E-state index >= 15 is 0 Å². The van der Waals surface area contributed by atoms with Crippen molar-refractivity contribution in [3.05, 3.63) is 0 Å². The lowest BCUT2D eigenvalue weighted by atomic mass is 10.3. The maximum Gasteiger partial charge on any atom is 0.303 e. The van der Waals surface area contributed by atoms with E-state index in [1.807, 2.05) is 0 Å². The van der Waals surface area contributed by atoms with Gasteiger partial charge >= 0.3 is 5.97 Å². The molecule has 0 heterocycles. The lowest BCUT2D eigenvalue weighted by Crippen LogP contribution is -2.22. The van der Waals surface area contributed by atoms with E-state index in [1.54, 1.807) is 0 Å². The van der Waals surface area contributed by atoms with Crippen LogP contribution in [0.5, 0.6) is 0 Å². The molecule has 0 saturated heterocycles. The third-order valence-electron chi connectivity index (χ3n) is 1.04. The lowest BCUT2D eigenvalue weighted by Gasteiger charge is -2.00. The van der Waals surface area contributed by atoms with Crippen LogP contribution < -0.4 is 5.32 Å². The van der Waals surface area contributed by atoms with E-state index < -0.39 is 12.4 Å². The molecule has 66 valence electrons. The second kappa shape index (κ2) is 6.03. The highest BCUT2D eigenvalue weighted by Gasteiger charge is 2.00. The molecular formula is C6H11F2NO2. The van der Waals surface area contributed by atoms with Crippen molar-refractivity contribution in [2.75, 3.05) is 13.1 Å². The topological polar surface area (TPSA) is 49.3 Å². The Morgan fingerprint density at radius 1 is 1.55 bits per heavy atom. The number of alkyl halides is 2. The summed E-state index contributed by atoms with van der Waals surface area (Å²) < 4.78 is 22.9. The molecule has 0 aliphatic rings. The normalized spacial score (nSPS) is 10.5. The third kappa shape index (κ3) is 9.29. The molecule has 0 aromatic heterocycles. The minimum Gasteiger partial charge on any atom is -0.481 e. The zero-order chi connectivity index (χ0) is 8.69. The first-order valence-electron chi connectivity index (χ1n) is 3.33. The van der Waals surface area contributed by atoms with Crippen molar-refractivity contribution in [3.8, 4) is 0 Å². The second-order valence-corrected chi connectivity index (χ2v) is 2.09. The molecule has 0 aliphatic carbocycles. The smallest absolute Gasteiger partial charge is 0.303 e. The first-order valence-corrected chi connectivity index (χ1v) is 3.33. The number of hydrogen-bond acceptors (Lipinski definition) is 2. The Labute approximate surface area is 63.4 Å². The summed E-state index contributed by atoms with van der Waals surface area (Å²) >= 11 is 0. The Morgan fingerprint density at radius 2 is 2.18 bits per heavy atom. The molecule has 0 radical (unpaired) electrons. The number of halogens is 2. The fourth-order valence-electron chi connectivity index (χ4n) is 0.576. The Bertz CT molecular complexity index is 119. The van der Waals surface area contributed by atoms with Gasteiger partial charge in [0.25, 0.3) is 6.43 Å². The van der Waals surface area contributed by atoms with Crippen LogP contribution in [0.4, 0.5) is 8.78 Å². The van der Waals surface area contributed by atoms with Crippen LogP contribution in [0.1, 0.15) is 12.8 Å². The maximum atomic E-state index is 11.4. The molecule has 0 fully saturated rings. The fourth-order valence-corrected chi connectivity index (χ4v) is 0.576. The van der Waals surface area contributed by atoms with Gasteiger partial charge in [0.2, 0.25) is 0 Å². The molecule has 0 spiro atoms. The van der Waals surface area contributed by atoms with Gasteiger partial charge in [0.1, 0.15) is 0 Å². The Kier molecular flexibility index (Phi) is 5.64. The number of aliphatic carboxylic acids is 1. The quantitative estimate of drug-likeness (QED) is 0.572.